The molecule has 2 rings (SSSR count). The number of hydrogen-bond acceptors (Lipinski definition) is 6. The Hall–Kier alpha value is -1.38. The molecule has 0 aromatic carbocycles. The Kier molecular flexibility index (Phi) is 5.77. The molecule has 0 spiro atoms. The summed E-state index contributed by atoms with van der Waals surface area (Å²) in [5.41, 5.74) is 0. The van der Waals surface area contributed by atoms with Crippen LogP contribution in [0.25, 0.3) is 10.7 Å². The molecule has 0 saturated carbocycles. The Morgan fingerprint density at radius 2 is 2.33 bits per heavy atom. The van der Waals surface area contributed by atoms with Gasteiger partial charge in [-0.25, -0.2) is 0 Å². The lowest BCUT2D eigenvalue weighted by Crippen LogP contribution is -2.23. The molecule has 1 N–H and O–H groups in total. The van der Waals surface area contributed by atoms with E-state index in [9.17, 15) is 4.79 Å². The van der Waals surface area contributed by atoms with Crippen LogP contribution in [0.3, 0.4) is 0 Å². The summed E-state index contributed by atoms with van der Waals surface area (Å²) in [5.74, 6) is -0.0491. The molecule has 114 valence electrons. The van der Waals surface area contributed by atoms with Gasteiger partial charge in [0.25, 0.3) is 0 Å². The van der Waals surface area contributed by atoms with Gasteiger partial charge in [-0.3, -0.25) is 4.79 Å². The quantitative estimate of drug-likeness (QED) is 0.749. The summed E-state index contributed by atoms with van der Waals surface area (Å²) in [7, 11) is 2.05. The van der Waals surface area contributed by atoms with E-state index in [1.807, 2.05) is 22.1 Å². The molecule has 0 atom stereocenters. The third kappa shape index (κ3) is 4.29. The summed E-state index contributed by atoms with van der Waals surface area (Å²) in [6.07, 6.45) is 0. The lowest BCUT2D eigenvalue weighted by Gasteiger charge is -2.15. The van der Waals surface area contributed by atoms with Crippen LogP contribution in [0.4, 0.5) is 0 Å². The molecule has 0 bridgehead atoms. The third-order valence-electron chi connectivity index (χ3n) is 3.03. The van der Waals surface area contributed by atoms with Gasteiger partial charge in [-0.2, -0.15) is 0 Å². The molecule has 0 radical (unpaired) electrons. The zero-order valence-electron chi connectivity index (χ0n) is 12.0. The Balaban J connectivity index is 2.22. The standard InChI is InChI=1S/C13H18N4O2S2/c1-3-16(2)6-7-17-12(10-5-4-8-20-10)14-15-13(17)21-9-11(18)19/h4-5,8H,3,6-7,9H2,1-2H3,(H,18,19). The predicted molar refractivity (Wildman–Crippen MR) is 84.9 cm³/mol. The van der Waals surface area contributed by atoms with Gasteiger partial charge < -0.3 is 14.6 Å². The fraction of sp³-hybridized carbons (Fsp3) is 0.462. The summed E-state index contributed by atoms with van der Waals surface area (Å²) >= 11 is 2.81. The fourth-order valence-corrected chi connectivity index (χ4v) is 3.14. The van der Waals surface area contributed by atoms with Gasteiger partial charge in [0.2, 0.25) is 0 Å². The zero-order valence-corrected chi connectivity index (χ0v) is 13.7. The molecule has 2 aromatic heterocycles. The minimum Gasteiger partial charge on any atom is -0.481 e. The van der Waals surface area contributed by atoms with Crippen LogP contribution >= 0.6 is 23.1 Å². The number of nitrogens with zero attached hydrogens (tertiary/aromatic N) is 4. The van der Waals surface area contributed by atoms with E-state index in [0.29, 0.717) is 5.16 Å². The molecular formula is C13H18N4O2S2. The van der Waals surface area contributed by atoms with E-state index in [1.165, 1.54) is 11.8 Å². The highest BCUT2D eigenvalue weighted by Crippen LogP contribution is 2.27. The number of carbonyl (C=O) groups is 1. The third-order valence-corrected chi connectivity index (χ3v) is 4.85. The van der Waals surface area contributed by atoms with Crippen LogP contribution in [0.1, 0.15) is 6.92 Å². The van der Waals surface area contributed by atoms with E-state index >= 15 is 0 Å². The van der Waals surface area contributed by atoms with Gasteiger partial charge in [0, 0.05) is 13.1 Å². The van der Waals surface area contributed by atoms with Crippen molar-refractivity contribution in [3.05, 3.63) is 17.5 Å². The van der Waals surface area contributed by atoms with Crippen molar-refractivity contribution < 1.29 is 9.90 Å². The second-order valence-corrected chi connectivity index (χ2v) is 6.40. The highest BCUT2D eigenvalue weighted by molar-refractivity contribution is 7.99. The minimum absolute atomic E-state index is 0.00775. The molecule has 0 fully saturated rings. The van der Waals surface area contributed by atoms with Crippen molar-refractivity contribution in [1.29, 1.82) is 0 Å². The van der Waals surface area contributed by atoms with E-state index in [2.05, 4.69) is 29.1 Å². The van der Waals surface area contributed by atoms with E-state index in [1.54, 1.807) is 11.3 Å². The van der Waals surface area contributed by atoms with Crippen molar-refractivity contribution >= 4 is 29.1 Å². The Bertz CT molecular complexity index is 583. The number of likely N-dealkylation sites (N-methyl/N-ethyl adjacent to an activating group) is 1. The first kappa shape index (κ1) is 16.0. The normalized spacial score (nSPS) is 11.2. The van der Waals surface area contributed by atoms with Gasteiger partial charge in [-0.15, -0.1) is 21.5 Å². The smallest absolute Gasteiger partial charge is 0.313 e. The van der Waals surface area contributed by atoms with E-state index in [0.717, 1.165) is 30.3 Å². The minimum atomic E-state index is -0.849. The first-order valence-corrected chi connectivity index (χ1v) is 8.48. The van der Waals surface area contributed by atoms with Crippen LogP contribution in [0.2, 0.25) is 0 Å². The van der Waals surface area contributed by atoms with Crippen LogP contribution in [-0.4, -0.2) is 56.6 Å². The van der Waals surface area contributed by atoms with Crippen molar-refractivity contribution in [2.45, 2.75) is 18.6 Å². The average Bonchev–Trinajstić information content (AvgIpc) is 3.11. The van der Waals surface area contributed by atoms with Gasteiger partial charge in [0.05, 0.1) is 10.6 Å². The predicted octanol–water partition coefficient (Wildman–Crippen LogP) is 2.13. The lowest BCUT2D eigenvalue weighted by atomic mass is 10.4. The summed E-state index contributed by atoms with van der Waals surface area (Å²) in [4.78, 5) is 14.0. The molecule has 2 aromatic rings. The van der Waals surface area contributed by atoms with E-state index in [4.69, 9.17) is 5.11 Å². The molecule has 0 unspecified atom stereocenters. The number of aromatic nitrogens is 3. The molecule has 0 aliphatic carbocycles. The van der Waals surface area contributed by atoms with Crippen molar-refractivity contribution in [3.63, 3.8) is 0 Å². The maximum absolute atomic E-state index is 10.7. The van der Waals surface area contributed by atoms with Crippen LogP contribution in [0.5, 0.6) is 0 Å². The van der Waals surface area contributed by atoms with Crippen molar-refractivity contribution in [2.24, 2.45) is 0 Å². The van der Waals surface area contributed by atoms with Gasteiger partial charge in [-0.05, 0) is 25.0 Å². The van der Waals surface area contributed by atoms with E-state index in [-0.39, 0.29) is 5.75 Å². The van der Waals surface area contributed by atoms with Crippen LogP contribution < -0.4 is 0 Å². The maximum Gasteiger partial charge on any atom is 0.313 e. The largest absolute Gasteiger partial charge is 0.481 e. The number of carboxylic acids is 1. The topological polar surface area (TPSA) is 71.2 Å². The molecule has 0 aliphatic heterocycles. The molecule has 8 heteroatoms. The number of thiophene rings is 1. The van der Waals surface area contributed by atoms with Crippen molar-refractivity contribution in [2.75, 3.05) is 25.9 Å². The fourth-order valence-electron chi connectivity index (χ4n) is 1.74. The average molecular weight is 326 g/mol. The van der Waals surface area contributed by atoms with Crippen LogP contribution in [-0.2, 0) is 11.3 Å². The number of aliphatic carboxylic acids is 1. The van der Waals surface area contributed by atoms with E-state index < -0.39 is 5.97 Å². The second kappa shape index (κ2) is 7.58. The summed E-state index contributed by atoms with van der Waals surface area (Å²) in [5, 5.41) is 19.9. The molecule has 6 nitrogen and oxygen atoms in total. The van der Waals surface area contributed by atoms with Gasteiger partial charge in [0.1, 0.15) is 0 Å². The molecule has 2 heterocycles. The van der Waals surface area contributed by atoms with Crippen LogP contribution in [0.15, 0.2) is 22.7 Å². The molecule has 0 aliphatic rings. The highest BCUT2D eigenvalue weighted by atomic mass is 32.2. The van der Waals surface area contributed by atoms with Gasteiger partial charge in [-0.1, -0.05) is 24.8 Å². The van der Waals surface area contributed by atoms with Crippen molar-refractivity contribution in [1.82, 2.24) is 19.7 Å². The number of hydrogen-bond donors (Lipinski definition) is 1. The SMILES string of the molecule is CCN(C)CCn1c(SCC(=O)O)nnc1-c1cccs1. The Morgan fingerprint density at radius 1 is 1.52 bits per heavy atom. The summed E-state index contributed by atoms with van der Waals surface area (Å²) in [6, 6.07) is 3.97. The monoisotopic (exact) mass is 326 g/mol. The van der Waals surface area contributed by atoms with Crippen molar-refractivity contribution in [3.8, 4) is 10.7 Å². The molecule has 21 heavy (non-hydrogen) atoms. The summed E-state index contributed by atoms with van der Waals surface area (Å²) < 4.78 is 2.01. The second-order valence-electron chi connectivity index (χ2n) is 4.51. The molecular weight excluding hydrogens is 308 g/mol. The summed E-state index contributed by atoms with van der Waals surface area (Å²) in [6.45, 7) is 4.68. The number of rotatable bonds is 8. The molecule has 0 saturated heterocycles. The van der Waals surface area contributed by atoms with Crippen LogP contribution in [0, 0.1) is 0 Å². The van der Waals surface area contributed by atoms with Gasteiger partial charge >= 0.3 is 5.97 Å². The van der Waals surface area contributed by atoms with Gasteiger partial charge in [0.15, 0.2) is 11.0 Å². The highest BCUT2D eigenvalue weighted by Gasteiger charge is 2.16. The zero-order chi connectivity index (χ0) is 15.2. The Morgan fingerprint density at radius 3 is 2.95 bits per heavy atom. The first-order valence-electron chi connectivity index (χ1n) is 6.62. The Labute approximate surface area is 131 Å². The maximum atomic E-state index is 10.7. The number of thioether (sulfide) groups is 1. The molecule has 0 amide bonds. The first-order chi connectivity index (χ1) is 10.1. The lowest BCUT2D eigenvalue weighted by molar-refractivity contribution is -0.133. The number of carboxylic acid groups (broad SMARTS) is 1.